The fraction of sp³-hybridized carbons (Fsp3) is 0.351. The molecule has 4 aliphatic heterocycles. The minimum Gasteiger partial charge on any atom is -0.371 e. The molecule has 15 heteroatoms. The van der Waals surface area contributed by atoms with Crippen LogP contribution in [-0.2, 0) is 9.59 Å². The number of carbonyl (C=O) groups excluding carboxylic acids is 5. The van der Waals surface area contributed by atoms with Crippen molar-refractivity contribution >= 4 is 58.1 Å². The maximum absolute atomic E-state index is 13.3. The summed E-state index contributed by atoms with van der Waals surface area (Å²) in [5, 5.41) is 8.02. The number of thiazole rings is 1. The molecular weight excluding hydrogens is 683 g/mol. The number of aromatic nitrogens is 3. The summed E-state index contributed by atoms with van der Waals surface area (Å²) in [6, 6.07) is 12.6. The number of nitrogens with two attached hydrogens (primary N) is 1. The zero-order valence-electron chi connectivity index (χ0n) is 28.3. The zero-order chi connectivity index (χ0) is 35.9. The van der Waals surface area contributed by atoms with Crippen molar-refractivity contribution in [1.29, 1.82) is 0 Å². The molecule has 0 bridgehead atoms. The van der Waals surface area contributed by atoms with Gasteiger partial charge in [0.05, 0.1) is 17.3 Å². The SMILES string of the molecule is NC(=O)c1ncc(-c2nccs2)nc1Nc1ccc(C2CCN(C[C@H]3CCN(c4ccc5c(c4)C(=O)N(C4CCC(=O)NC4=O)C5=O)C3)CC2)cc1. The number of piperidine rings is 2. The number of amides is 5. The summed E-state index contributed by atoms with van der Waals surface area (Å²) in [7, 11) is 0. The van der Waals surface area contributed by atoms with E-state index in [1.54, 1.807) is 18.3 Å². The predicted octanol–water partition coefficient (Wildman–Crippen LogP) is 3.55. The van der Waals surface area contributed by atoms with Gasteiger partial charge in [-0.15, -0.1) is 11.3 Å². The van der Waals surface area contributed by atoms with E-state index in [1.165, 1.54) is 23.1 Å². The van der Waals surface area contributed by atoms with Crippen molar-refractivity contribution in [2.75, 3.05) is 42.9 Å². The molecule has 8 rings (SSSR count). The number of likely N-dealkylation sites (tertiary alicyclic amines) is 1. The number of hydrogen-bond donors (Lipinski definition) is 3. The molecule has 2 atom stereocenters. The van der Waals surface area contributed by atoms with E-state index in [-0.39, 0.29) is 18.5 Å². The summed E-state index contributed by atoms with van der Waals surface area (Å²) in [5.41, 5.74) is 9.77. The number of carbonyl (C=O) groups is 5. The predicted molar refractivity (Wildman–Crippen MR) is 193 cm³/mol. The molecule has 2 aromatic carbocycles. The molecule has 2 aromatic heterocycles. The van der Waals surface area contributed by atoms with Crippen LogP contribution in [-0.4, -0.2) is 93.1 Å². The number of fused-ring (bicyclic) bond motifs is 1. The molecule has 3 saturated heterocycles. The van der Waals surface area contributed by atoms with Crippen LogP contribution in [0.2, 0.25) is 0 Å². The van der Waals surface area contributed by atoms with Crippen molar-refractivity contribution in [2.45, 2.75) is 44.1 Å². The molecule has 6 heterocycles. The van der Waals surface area contributed by atoms with E-state index in [0.29, 0.717) is 39.5 Å². The molecule has 1 unspecified atom stereocenters. The minimum absolute atomic E-state index is 0.0689. The average molecular weight is 720 g/mol. The maximum atomic E-state index is 13.3. The van der Waals surface area contributed by atoms with Crippen molar-refractivity contribution in [3.63, 3.8) is 0 Å². The molecule has 0 radical (unpaired) electrons. The van der Waals surface area contributed by atoms with Crippen molar-refractivity contribution in [1.82, 2.24) is 30.1 Å². The molecule has 5 amide bonds. The summed E-state index contributed by atoms with van der Waals surface area (Å²) in [4.78, 5) is 81.4. The first-order valence-electron chi connectivity index (χ1n) is 17.5. The van der Waals surface area contributed by atoms with Crippen LogP contribution in [0, 0.1) is 5.92 Å². The molecule has 0 spiro atoms. The lowest BCUT2D eigenvalue weighted by atomic mass is 9.89. The first-order chi connectivity index (χ1) is 25.2. The largest absolute Gasteiger partial charge is 0.371 e. The Kier molecular flexibility index (Phi) is 8.97. The molecule has 14 nitrogen and oxygen atoms in total. The molecule has 3 fully saturated rings. The van der Waals surface area contributed by atoms with E-state index in [9.17, 15) is 24.0 Å². The summed E-state index contributed by atoms with van der Waals surface area (Å²) < 4.78 is 0. The van der Waals surface area contributed by atoms with Crippen LogP contribution in [0.4, 0.5) is 17.2 Å². The summed E-state index contributed by atoms with van der Waals surface area (Å²) >= 11 is 1.44. The molecular formula is C37H37N9O5S. The van der Waals surface area contributed by atoms with Crippen molar-refractivity contribution in [2.24, 2.45) is 11.7 Å². The van der Waals surface area contributed by atoms with Gasteiger partial charge in [0.25, 0.3) is 17.7 Å². The van der Waals surface area contributed by atoms with E-state index in [2.05, 4.69) is 47.5 Å². The van der Waals surface area contributed by atoms with Crippen LogP contribution in [0.5, 0.6) is 0 Å². The third kappa shape index (κ3) is 6.52. The van der Waals surface area contributed by atoms with Gasteiger partial charge in [-0.05, 0) is 86.5 Å². The van der Waals surface area contributed by atoms with Crippen LogP contribution < -0.4 is 21.3 Å². The quantitative estimate of drug-likeness (QED) is 0.215. The Bertz CT molecular complexity index is 2060. The second kappa shape index (κ2) is 13.9. The van der Waals surface area contributed by atoms with Gasteiger partial charge in [-0.2, -0.15) is 0 Å². The lowest BCUT2D eigenvalue weighted by Crippen LogP contribution is -2.54. The van der Waals surface area contributed by atoms with E-state index in [4.69, 9.17) is 5.73 Å². The fourth-order valence-electron chi connectivity index (χ4n) is 7.77. The molecule has 266 valence electrons. The number of nitrogens with one attached hydrogen (secondary N) is 2. The third-order valence-corrected chi connectivity index (χ3v) is 11.3. The minimum atomic E-state index is -0.970. The molecule has 0 aliphatic carbocycles. The Labute approximate surface area is 303 Å². The number of hydrogen-bond acceptors (Lipinski definition) is 12. The highest BCUT2D eigenvalue weighted by atomic mass is 32.1. The van der Waals surface area contributed by atoms with Gasteiger partial charge < -0.3 is 20.9 Å². The lowest BCUT2D eigenvalue weighted by molar-refractivity contribution is -0.136. The smallest absolute Gasteiger partial charge is 0.271 e. The van der Waals surface area contributed by atoms with Crippen LogP contribution in [0.15, 0.2) is 60.2 Å². The number of rotatable bonds is 9. The Hall–Kier alpha value is -5.54. The zero-order valence-corrected chi connectivity index (χ0v) is 29.1. The number of imide groups is 2. The summed E-state index contributed by atoms with van der Waals surface area (Å²) in [6.07, 6.45) is 6.58. The van der Waals surface area contributed by atoms with Gasteiger partial charge in [0.1, 0.15) is 16.7 Å². The summed E-state index contributed by atoms with van der Waals surface area (Å²) in [5.74, 6) is -1.40. The van der Waals surface area contributed by atoms with Crippen LogP contribution in [0.25, 0.3) is 10.7 Å². The number of primary amides is 1. The summed E-state index contributed by atoms with van der Waals surface area (Å²) in [6.45, 7) is 4.74. The lowest BCUT2D eigenvalue weighted by Gasteiger charge is -2.34. The Morgan fingerprint density at radius 3 is 2.46 bits per heavy atom. The Morgan fingerprint density at radius 1 is 0.942 bits per heavy atom. The molecule has 52 heavy (non-hydrogen) atoms. The molecule has 0 saturated carbocycles. The van der Waals surface area contributed by atoms with Gasteiger partial charge in [-0.1, -0.05) is 12.1 Å². The number of nitrogens with zero attached hydrogens (tertiary/aromatic N) is 6. The highest BCUT2D eigenvalue weighted by molar-refractivity contribution is 7.13. The fourth-order valence-corrected chi connectivity index (χ4v) is 8.36. The van der Waals surface area contributed by atoms with E-state index in [1.807, 2.05) is 23.6 Å². The molecule has 4 N–H and O–H groups in total. The normalized spacial score (nSPS) is 21.1. The highest BCUT2D eigenvalue weighted by Gasteiger charge is 2.45. The van der Waals surface area contributed by atoms with Crippen molar-refractivity contribution in [3.05, 3.63) is 82.6 Å². The maximum Gasteiger partial charge on any atom is 0.271 e. The highest BCUT2D eigenvalue weighted by Crippen LogP contribution is 2.34. The topological polar surface area (TPSA) is 184 Å². The van der Waals surface area contributed by atoms with Gasteiger partial charge in [0.15, 0.2) is 11.5 Å². The van der Waals surface area contributed by atoms with Gasteiger partial charge in [0, 0.05) is 49.0 Å². The van der Waals surface area contributed by atoms with Crippen LogP contribution >= 0.6 is 11.3 Å². The Balaban J connectivity index is 0.841. The van der Waals surface area contributed by atoms with Gasteiger partial charge in [-0.25, -0.2) is 15.0 Å². The van der Waals surface area contributed by atoms with Gasteiger partial charge >= 0.3 is 0 Å². The molecule has 4 aromatic rings. The van der Waals surface area contributed by atoms with Gasteiger partial charge in [0.2, 0.25) is 11.8 Å². The van der Waals surface area contributed by atoms with E-state index in [0.717, 1.165) is 68.3 Å². The van der Waals surface area contributed by atoms with Crippen LogP contribution in [0.3, 0.4) is 0 Å². The second-order valence-corrected chi connectivity index (χ2v) is 14.6. The average Bonchev–Trinajstić information content (AvgIpc) is 3.90. The van der Waals surface area contributed by atoms with Gasteiger partial charge in [-0.3, -0.25) is 34.2 Å². The Morgan fingerprint density at radius 2 is 1.73 bits per heavy atom. The number of benzene rings is 2. The van der Waals surface area contributed by atoms with E-state index < -0.39 is 35.6 Å². The first-order valence-corrected chi connectivity index (χ1v) is 18.4. The first kappa shape index (κ1) is 33.6. The standard InChI is InChI=1S/C37H37N9O5S/c38-32(48)31-33(42-28(18-40-31)35-39-12-16-52-35)41-24-3-1-22(2-4-24)23-10-13-44(14-11-23)19-21-9-15-45(20-21)25-5-6-26-27(17-25)37(51)46(36(26)50)29-7-8-30(47)43-34(29)49/h1-6,12,16-18,21,23,29H,7-11,13-15,19-20H2,(H2,38,48)(H,41,42)(H,43,47,49)/t21-,29?/m1/s1. The third-order valence-electron chi connectivity index (χ3n) is 10.5. The second-order valence-electron chi connectivity index (χ2n) is 13.8. The van der Waals surface area contributed by atoms with Crippen molar-refractivity contribution in [3.8, 4) is 10.7 Å². The van der Waals surface area contributed by atoms with Crippen LogP contribution in [0.1, 0.15) is 74.8 Å². The number of anilines is 3. The molecule has 4 aliphatic rings. The van der Waals surface area contributed by atoms with Crippen molar-refractivity contribution < 1.29 is 24.0 Å². The van der Waals surface area contributed by atoms with E-state index >= 15 is 0 Å². The monoisotopic (exact) mass is 719 g/mol.